The molecule has 4 heteroatoms. The van der Waals surface area contributed by atoms with Crippen molar-refractivity contribution >= 4 is 8.32 Å². The average molecular weight is 379 g/mol. The fourth-order valence-corrected chi connectivity index (χ4v) is 4.96. The molecule has 2 atom stereocenters. The smallest absolute Gasteiger partial charge is 0.192 e. The summed E-state index contributed by atoms with van der Waals surface area (Å²) in [4.78, 5) is 0. The first-order valence-corrected chi connectivity index (χ1v) is 12.9. The first-order chi connectivity index (χ1) is 11.9. The summed E-state index contributed by atoms with van der Waals surface area (Å²) < 4.78 is 6.70. The Kier molecular flexibility index (Phi) is 6.44. The van der Waals surface area contributed by atoms with E-state index in [0.717, 1.165) is 31.2 Å². The Morgan fingerprint density at radius 3 is 2.42 bits per heavy atom. The number of benzene rings is 1. The summed E-state index contributed by atoms with van der Waals surface area (Å²) >= 11 is 0. The number of hydrogen-bond acceptors (Lipinski definition) is 3. The molecular weight excluding hydrogens is 340 g/mol. The standard InChI is InChI=1S/C22H38O3Si/c1-21(2,3)26(6,7)25-19-13-12-16-17(19)10-8-11-18(16)20(24)22(4,5)14-9-15-23/h8,10-11,19-20,23-24H,9,12-15H2,1-7H3. The summed E-state index contributed by atoms with van der Waals surface area (Å²) in [7, 11) is -1.83. The molecule has 0 saturated carbocycles. The van der Waals surface area contributed by atoms with Crippen molar-refractivity contribution in [3.63, 3.8) is 0 Å². The molecular formula is C22H38O3Si. The molecule has 0 amide bonds. The normalized spacial score (nSPS) is 19.5. The first-order valence-electron chi connectivity index (χ1n) is 9.99. The molecule has 1 aromatic carbocycles. The van der Waals surface area contributed by atoms with Crippen molar-refractivity contribution in [3.8, 4) is 0 Å². The SMILES string of the molecule is CC(C)(CCCO)C(O)c1cccc2c1CCC2O[Si](C)(C)C(C)(C)C. The van der Waals surface area contributed by atoms with Crippen LogP contribution in [0, 0.1) is 5.41 Å². The minimum atomic E-state index is -1.83. The molecule has 1 aromatic rings. The zero-order valence-electron chi connectivity index (χ0n) is 17.7. The van der Waals surface area contributed by atoms with Crippen LogP contribution in [-0.2, 0) is 10.8 Å². The lowest BCUT2D eigenvalue weighted by atomic mass is 9.77. The molecule has 3 nitrogen and oxygen atoms in total. The van der Waals surface area contributed by atoms with Gasteiger partial charge in [-0.15, -0.1) is 0 Å². The van der Waals surface area contributed by atoms with E-state index < -0.39 is 14.4 Å². The Balaban J connectivity index is 2.28. The van der Waals surface area contributed by atoms with Gasteiger partial charge in [0, 0.05) is 6.61 Å². The van der Waals surface area contributed by atoms with Gasteiger partial charge >= 0.3 is 0 Å². The maximum absolute atomic E-state index is 11.1. The zero-order valence-corrected chi connectivity index (χ0v) is 18.7. The lowest BCUT2D eigenvalue weighted by Crippen LogP contribution is -2.41. The Hall–Kier alpha value is -0.683. The van der Waals surface area contributed by atoms with E-state index in [1.807, 2.05) is 0 Å². The number of aliphatic hydroxyl groups excluding tert-OH is 2. The largest absolute Gasteiger partial charge is 0.410 e. The van der Waals surface area contributed by atoms with Crippen molar-refractivity contribution in [3.05, 3.63) is 34.9 Å². The van der Waals surface area contributed by atoms with Gasteiger partial charge in [-0.05, 0) is 65.9 Å². The molecule has 1 aliphatic carbocycles. The molecule has 0 fully saturated rings. The van der Waals surface area contributed by atoms with E-state index in [4.69, 9.17) is 9.53 Å². The number of hydrogen-bond donors (Lipinski definition) is 2. The van der Waals surface area contributed by atoms with Gasteiger partial charge in [-0.1, -0.05) is 52.8 Å². The van der Waals surface area contributed by atoms with Crippen LogP contribution in [0.3, 0.4) is 0 Å². The molecule has 0 spiro atoms. The van der Waals surface area contributed by atoms with E-state index in [9.17, 15) is 5.11 Å². The number of rotatable bonds is 7. The monoisotopic (exact) mass is 378 g/mol. The van der Waals surface area contributed by atoms with Crippen LogP contribution in [0.4, 0.5) is 0 Å². The van der Waals surface area contributed by atoms with Gasteiger partial charge in [-0.25, -0.2) is 0 Å². The molecule has 1 aliphatic rings. The maximum Gasteiger partial charge on any atom is 0.192 e. The van der Waals surface area contributed by atoms with Crippen molar-refractivity contribution in [2.24, 2.45) is 5.41 Å². The van der Waals surface area contributed by atoms with Crippen LogP contribution in [0.1, 0.15) is 82.8 Å². The molecule has 0 aliphatic heterocycles. The molecule has 2 rings (SSSR count). The van der Waals surface area contributed by atoms with Crippen LogP contribution < -0.4 is 0 Å². The van der Waals surface area contributed by atoms with Crippen molar-refractivity contribution in [2.45, 2.75) is 90.6 Å². The lowest BCUT2D eigenvalue weighted by Gasteiger charge is -2.38. The van der Waals surface area contributed by atoms with Crippen molar-refractivity contribution in [1.29, 1.82) is 0 Å². The van der Waals surface area contributed by atoms with Gasteiger partial charge in [0.2, 0.25) is 0 Å². The quantitative estimate of drug-likeness (QED) is 0.614. The third-order valence-electron chi connectivity index (χ3n) is 6.51. The summed E-state index contributed by atoms with van der Waals surface area (Å²) in [6.07, 6.45) is 3.13. The highest BCUT2D eigenvalue weighted by Crippen LogP contribution is 2.47. The molecule has 0 radical (unpaired) electrons. The fraction of sp³-hybridized carbons (Fsp3) is 0.727. The van der Waals surface area contributed by atoms with Gasteiger partial charge in [0.1, 0.15) is 0 Å². The van der Waals surface area contributed by atoms with Gasteiger partial charge in [0.05, 0.1) is 12.2 Å². The zero-order chi connectivity index (χ0) is 19.8. The van der Waals surface area contributed by atoms with Crippen molar-refractivity contribution < 1.29 is 14.6 Å². The van der Waals surface area contributed by atoms with Crippen LogP contribution in [0.2, 0.25) is 18.1 Å². The lowest BCUT2D eigenvalue weighted by molar-refractivity contribution is 0.0375. The van der Waals surface area contributed by atoms with Gasteiger partial charge < -0.3 is 14.6 Å². The predicted octanol–water partition coefficient (Wildman–Crippen LogP) is 5.53. The van der Waals surface area contributed by atoms with E-state index in [1.54, 1.807) is 0 Å². The molecule has 148 valence electrons. The number of fused-ring (bicyclic) bond motifs is 1. The molecule has 0 heterocycles. The van der Waals surface area contributed by atoms with Gasteiger partial charge in [-0.2, -0.15) is 0 Å². The highest BCUT2D eigenvalue weighted by Gasteiger charge is 2.41. The molecule has 0 bridgehead atoms. The van der Waals surface area contributed by atoms with Gasteiger partial charge in [-0.3, -0.25) is 0 Å². The first kappa shape index (κ1) is 21.6. The van der Waals surface area contributed by atoms with E-state index in [0.29, 0.717) is 0 Å². The Labute approximate surface area is 160 Å². The molecule has 2 unspecified atom stereocenters. The number of aliphatic hydroxyl groups is 2. The van der Waals surface area contributed by atoms with E-state index in [-0.39, 0.29) is 23.2 Å². The summed E-state index contributed by atoms with van der Waals surface area (Å²) in [5.74, 6) is 0. The van der Waals surface area contributed by atoms with Crippen LogP contribution >= 0.6 is 0 Å². The second-order valence-electron chi connectivity index (χ2n) is 10.0. The Morgan fingerprint density at radius 1 is 1.19 bits per heavy atom. The van der Waals surface area contributed by atoms with Crippen LogP contribution in [0.5, 0.6) is 0 Å². The van der Waals surface area contributed by atoms with Crippen molar-refractivity contribution in [2.75, 3.05) is 6.61 Å². The molecule has 0 saturated heterocycles. The third kappa shape index (κ3) is 4.41. The van der Waals surface area contributed by atoms with Gasteiger partial charge in [0.25, 0.3) is 0 Å². The van der Waals surface area contributed by atoms with Crippen LogP contribution in [0.25, 0.3) is 0 Å². The second-order valence-corrected chi connectivity index (χ2v) is 14.8. The minimum Gasteiger partial charge on any atom is -0.410 e. The Morgan fingerprint density at radius 2 is 1.85 bits per heavy atom. The topological polar surface area (TPSA) is 49.7 Å². The molecule has 0 aromatic heterocycles. The highest BCUT2D eigenvalue weighted by atomic mass is 28.4. The summed E-state index contributed by atoms with van der Waals surface area (Å²) in [5.41, 5.74) is 3.34. The average Bonchev–Trinajstić information content (AvgIpc) is 2.93. The molecule has 26 heavy (non-hydrogen) atoms. The van der Waals surface area contributed by atoms with E-state index >= 15 is 0 Å². The third-order valence-corrected chi connectivity index (χ3v) is 11.0. The van der Waals surface area contributed by atoms with Crippen LogP contribution in [0.15, 0.2) is 18.2 Å². The summed E-state index contributed by atoms with van der Waals surface area (Å²) in [6.45, 7) is 15.8. The minimum absolute atomic E-state index is 0.151. The maximum atomic E-state index is 11.1. The van der Waals surface area contributed by atoms with E-state index in [2.05, 4.69) is 65.9 Å². The van der Waals surface area contributed by atoms with Gasteiger partial charge in [0.15, 0.2) is 8.32 Å². The molecule has 2 N–H and O–H groups in total. The summed E-state index contributed by atoms with van der Waals surface area (Å²) in [6, 6.07) is 6.31. The predicted molar refractivity (Wildman–Crippen MR) is 111 cm³/mol. The second kappa shape index (κ2) is 7.74. The highest BCUT2D eigenvalue weighted by molar-refractivity contribution is 6.74. The van der Waals surface area contributed by atoms with E-state index in [1.165, 1.54) is 11.1 Å². The van der Waals surface area contributed by atoms with Crippen molar-refractivity contribution in [1.82, 2.24) is 0 Å². The van der Waals surface area contributed by atoms with Crippen LogP contribution in [-0.4, -0.2) is 25.1 Å². The Bertz CT molecular complexity index is 616. The summed E-state index contributed by atoms with van der Waals surface area (Å²) in [5, 5.41) is 20.4. The fourth-order valence-electron chi connectivity index (χ4n) is 3.65.